The van der Waals surface area contributed by atoms with Crippen molar-refractivity contribution in [2.24, 2.45) is 0 Å². The Hall–Kier alpha value is -0.830. The molecule has 1 unspecified atom stereocenters. The zero-order valence-corrected chi connectivity index (χ0v) is 10.4. The summed E-state index contributed by atoms with van der Waals surface area (Å²) < 4.78 is 12.1. The van der Waals surface area contributed by atoms with E-state index in [0.29, 0.717) is 0 Å². The molecule has 1 atom stereocenters. The molecule has 0 aliphatic rings. The van der Waals surface area contributed by atoms with Crippen LogP contribution in [-0.4, -0.2) is 9.46 Å². The van der Waals surface area contributed by atoms with E-state index in [2.05, 4.69) is 13.8 Å². The van der Waals surface area contributed by atoms with Crippen molar-refractivity contribution >= 4 is 16.5 Å². The topological polar surface area (TPSA) is 43.1 Å². The van der Waals surface area contributed by atoms with E-state index >= 15 is 0 Å². The third-order valence-corrected chi connectivity index (χ3v) is 4.68. The van der Waals surface area contributed by atoms with E-state index < -0.39 is 10.8 Å². The van der Waals surface area contributed by atoms with E-state index in [1.165, 1.54) is 0 Å². The summed E-state index contributed by atoms with van der Waals surface area (Å²) in [6.45, 7) is 6.11. The molecule has 2 nitrogen and oxygen atoms in total. The van der Waals surface area contributed by atoms with Gasteiger partial charge in [0.2, 0.25) is 0 Å². The van der Waals surface area contributed by atoms with Crippen LogP contribution < -0.4 is 5.73 Å². The van der Waals surface area contributed by atoms with Crippen LogP contribution in [0.15, 0.2) is 23.1 Å². The predicted octanol–water partition coefficient (Wildman–Crippen LogP) is 2.87. The molecule has 0 aliphatic carbocycles. The van der Waals surface area contributed by atoms with Crippen LogP contribution in [0.2, 0.25) is 0 Å². The first kappa shape index (κ1) is 12.2. The van der Waals surface area contributed by atoms with E-state index in [4.69, 9.17) is 5.73 Å². The zero-order valence-electron chi connectivity index (χ0n) is 9.62. The normalized spacial score (nSPS) is 13.1. The molecular formula is C12H19NOS. The van der Waals surface area contributed by atoms with Gasteiger partial charge in [0.25, 0.3) is 0 Å². The van der Waals surface area contributed by atoms with Crippen molar-refractivity contribution in [3.05, 3.63) is 23.8 Å². The van der Waals surface area contributed by atoms with Gasteiger partial charge in [0.1, 0.15) is 0 Å². The van der Waals surface area contributed by atoms with Gasteiger partial charge in [0, 0.05) is 15.8 Å². The van der Waals surface area contributed by atoms with Crippen molar-refractivity contribution in [2.45, 2.75) is 43.8 Å². The van der Waals surface area contributed by atoms with E-state index in [1.54, 1.807) is 0 Å². The first-order chi connectivity index (χ1) is 7.10. The lowest BCUT2D eigenvalue weighted by atomic mass is 10.2. The van der Waals surface area contributed by atoms with Gasteiger partial charge in [-0.15, -0.1) is 0 Å². The van der Waals surface area contributed by atoms with Gasteiger partial charge >= 0.3 is 0 Å². The van der Waals surface area contributed by atoms with Gasteiger partial charge in [-0.05, 0) is 43.5 Å². The molecule has 0 saturated carbocycles. The minimum absolute atomic E-state index is 0.257. The van der Waals surface area contributed by atoms with Gasteiger partial charge < -0.3 is 5.73 Å². The highest BCUT2D eigenvalue weighted by atomic mass is 32.2. The fourth-order valence-corrected chi connectivity index (χ4v) is 3.04. The second-order valence-electron chi connectivity index (χ2n) is 3.75. The van der Waals surface area contributed by atoms with Crippen LogP contribution in [0.4, 0.5) is 5.69 Å². The lowest BCUT2D eigenvalue weighted by Gasteiger charge is -2.13. The number of nitrogen functional groups attached to an aromatic ring is 1. The van der Waals surface area contributed by atoms with E-state index in [9.17, 15) is 4.21 Å². The molecule has 1 aromatic rings. The number of aryl methyl sites for hydroxylation is 1. The van der Waals surface area contributed by atoms with Crippen LogP contribution in [-0.2, 0) is 10.8 Å². The van der Waals surface area contributed by atoms with E-state index in [-0.39, 0.29) is 5.25 Å². The molecule has 0 amide bonds. The molecule has 3 heteroatoms. The van der Waals surface area contributed by atoms with Gasteiger partial charge in [-0.1, -0.05) is 13.8 Å². The monoisotopic (exact) mass is 225 g/mol. The molecule has 0 spiro atoms. The lowest BCUT2D eigenvalue weighted by Crippen LogP contribution is -2.13. The van der Waals surface area contributed by atoms with Crippen LogP contribution in [0.5, 0.6) is 0 Å². The molecule has 1 rings (SSSR count). The van der Waals surface area contributed by atoms with E-state index in [0.717, 1.165) is 29.0 Å². The summed E-state index contributed by atoms with van der Waals surface area (Å²) in [5.74, 6) is 0. The first-order valence-electron chi connectivity index (χ1n) is 5.36. The third-order valence-electron chi connectivity index (χ3n) is 2.69. The minimum atomic E-state index is -0.895. The maximum Gasteiger partial charge on any atom is 0.0560 e. The Balaban J connectivity index is 2.96. The van der Waals surface area contributed by atoms with Crippen LogP contribution in [0.1, 0.15) is 32.3 Å². The van der Waals surface area contributed by atoms with Crippen molar-refractivity contribution in [2.75, 3.05) is 5.73 Å². The SMILES string of the molecule is CCC(CC)S(=O)c1ccc(N)c(C)c1. The highest BCUT2D eigenvalue weighted by Crippen LogP contribution is 2.20. The van der Waals surface area contributed by atoms with Crippen molar-refractivity contribution in [3.63, 3.8) is 0 Å². The lowest BCUT2D eigenvalue weighted by molar-refractivity contribution is 0.658. The largest absolute Gasteiger partial charge is 0.399 e. The van der Waals surface area contributed by atoms with Gasteiger partial charge in [0.05, 0.1) is 10.8 Å². The average molecular weight is 225 g/mol. The summed E-state index contributed by atoms with van der Waals surface area (Å²) in [5, 5.41) is 0.257. The molecule has 0 fully saturated rings. The minimum Gasteiger partial charge on any atom is -0.399 e. The molecule has 0 saturated heterocycles. The Morgan fingerprint density at radius 1 is 1.33 bits per heavy atom. The smallest absolute Gasteiger partial charge is 0.0560 e. The summed E-state index contributed by atoms with van der Waals surface area (Å²) in [7, 11) is -0.895. The number of hydrogen-bond acceptors (Lipinski definition) is 2. The highest BCUT2D eigenvalue weighted by Gasteiger charge is 2.14. The number of nitrogens with two attached hydrogens (primary N) is 1. The molecule has 84 valence electrons. The van der Waals surface area contributed by atoms with Gasteiger partial charge in [-0.2, -0.15) is 0 Å². The van der Waals surface area contributed by atoms with E-state index in [1.807, 2.05) is 25.1 Å². The maximum absolute atomic E-state index is 12.1. The number of hydrogen-bond donors (Lipinski definition) is 1. The van der Waals surface area contributed by atoms with Crippen LogP contribution >= 0.6 is 0 Å². The van der Waals surface area contributed by atoms with Crippen LogP contribution in [0.25, 0.3) is 0 Å². The number of benzene rings is 1. The summed E-state index contributed by atoms with van der Waals surface area (Å²) in [4.78, 5) is 0.899. The van der Waals surface area contributed by atoms with Crippen LogP contribution in [0.3, 0.4) is 0 Å². The van der Waals surface area contributed by atoms with Crippen molar-refractivity contribution < 1.29 is 4.21 Å². The zero-order chi connectivity index (χ0) is 11.4. The highest BCUT2D eigenvalue weighted by molar-refractivity contribution is 7.85. The van der Waals surface area contributed by atoms with Gasteiger partial charge in [0.15, 0.2) is 0 Å². The second kappa shape index (κ2) is 5.31. The maximum atomic E-state index is 12.1. The van der Waals surface area contributed by atoms with Crippen molar-refractivity contribution in [1.82, 2.24) is 0 Å². The fraction of sp³-hybridized carbons (Fsp3) is 0.500. The summed E-state index contributed by atoms with van der Waals surface area (Å²) in [6.07, 6.45) is 1.90. The van der Waals surface area contributed by atoms with Gasteiger partial charge in [-0.3, -0.25) is 4.21 Å². The molecular weight excluding hydrogens is 206 g/mol. The molecule has 15 heavy (non-hydrogen) atoms. The molecule has 1 aromatic carbocycles. The Bertz CT molecular complexity index is 359. The van der Waals surface area contributed by atoms with Crippen LogP contribution in [0, 0.1) is 6.92 Å². The first-order valence-corrected chi connectivity index (χ1v) is 6.58. The van der Waals surface area contributed by atoms with Crippen molar-refractivity contribution in [3.8, 4) is 0 Å². The summed E-state index contributed by atoms with van der Waals surface area (Å²) in [5.41, 5.74) is 7.50. The standard InChI is InChI=1S/C12H19NOS/c1-4-10(5-2)15(14)11-6-7-12(13)9(3)8-11/h6-8,10H,4-5,13H2,1-3H3. The number of anilines is 1. The molecule has 0 radical (unpaired) electrons. The summed E-state index contributed by atoms with van der Waals surface area (Å²) >= 11 is 0. The Morgan fingerprint density at radius 3 is 2.40 bits per heavy atom. The Morgan fingerprint density at radius 2 is 1.93 bits per heavy atom. The quantitative estimate of drug-likeness (QED) is 0.801. The Kier molecular flexibility index (Phi) is 4.33. The summed E-state index contributed by atoms with van der Waals surface area (Å²) in [6, 6.07) is 5.64. The third kappa shape index (κ3) is 2.81. The predicted molar refractivity (Wildman–Crippen MR) is 66.4 cm³/mol. The van der Waals surface area contributed by atoms with Gasteiger partial charge in [-0.25, -0.2) is 0 Å². The molecule has 0 heterocycles. The Labute approximate surface area is 94.3 Å². The molecule has 0 aliphatic heterocycles. The van der Waals surface area contributed by atoms with Crippen molar-refractivity contribution in [1.29, 1.82) is 0 Å². The molecule has 0 aromatic heterocycles. The average Bonchev–Trinajstić information content (AvgIpc) is 2.23. The number of rotatable bonds is 4. The molecule has 2 N–H and O–H groups in total. The fourth-order valence-electron chi connectivity index (χ4n) is 1.56. The molecule has 0 bridgehead atoms. The second-order valence-corrected chi connectivity index (χ2v) is 5.49.